The van der Waals surface area contributed by atoms with E-state index >= 15 is 0 Å². The van der Waals surface area contributed by atoms with Gasteiger partial charge in [-0.15, -0.1) is 0 Å². The zero-order chi connectivity index (χ0) is 14.9. The molecule has 1 aliphatic heterocycles. The molecule has 0 fully saturated rings. The van der Waals surface area contributed by atoms with Crippen molar-refractivity contribution in [2.45, 2.75) is 32.0 Å². The van der Waals surface area contributed by atoms with Crippen LogP contribution >= 0.6 is 0 Å². The van der Waals surface area contributed by atoms with Crippen molar-refractivity contribution in [1.82, 2.24) is 0 Å². The maximum atomic E-state index is 13.2. The van der Waals surface area contributed by atoms with E-state index in [1.807, 2.05) is 18.2 Å². The molecule has 1 atom stereocenters. The molecule has 0 spiro atoms. The molecule has 2 aromatic rings. The quantitative estimate of drug-likeness (QED) is 0.841. The van der Waals surface area contributed by atoms with Gasteiger partial charge in [0, 0.05) is 0 Å². The number of nitrogens with zero attached hydrogens (tertiary/aromatic N) is 1. The summed E-state index contributed by atoms with van der Waals surface area (Å²) in [5.41, 5.74) is 3.23. The Kier molecular flexibility index (Phi) is 3.48. The van der Waals surface area contributed by atoms with Crippen LogP contribution < -0.4 is 0 Å². The van der Waals surface area contributed by atoms with E-state index in [0.29, 0.717) is 12.2 Å². The monoisotopic (exact) mass is 281 g/mol. The third-order valence-electron chi connectivity index (χ3n) is 4.06. The van der Waals surface area contributed by atoms with Gasteiger partial charge < -0.3 is 4.74 Å². The van der Waals surface area contributed by atoms with Crippen molar-refractivity contribution in [2.75, 3.05) is 0 Å². The molecule has 21 heavy (non-hydrogen) atoms. The van der Waals surface area contributed by atoms with Crippen molar-refractivity contribution in [3.8, 4) is 6.07 Å². The molecule has 0 amide bonds. The van der Waals surface area contributed by atoms with Crippen LogP contribution in [0.4, 0.5) is 4.39 Å². The second-order valence-corrected chi connectivity index (χ2v) is 5.36. The fraction of sp³-hybridized carbons (Fsp3) is 0.278. The van der Waals surface area contributed by atoms with Crippen LogP contribution in [0.5, 0.6) is 0 Å². The lowest BCUT2D eigenvalue weighted by molar-refractivity contribution is -0.0121. The number of hydrogen-bond donors (Lipinski definition) is 0. The van der Waals surface area contributed by atoms with E-state index in [2.05, 4.69) is 13.0 Å². The average molecular weight is 281 g/mol. The van der Waals surface area contributed by atoms with Crippen LogP contribution in [-0.2, 0) is 16.9 Å². The van der Waals surface area contributed by atoms with E-state index in [0.717, 1.165) is 29.5 Å². The molecule has 0 saturated heterocycles. The normalized spacial score (nSPS) is 20.0. The summed E-state index contributed by atoms with van der Waals surface area (Å²) < 4.78 is 19.3. The van der Waals surface area contributed by atoms with E-state index in [9.17, 15) is 4.39 Å². The Morgan fingerprint density at radius 1 is 1.24 bits per heavy atom. The zero-order valence-corrected chi connectivity index (χ0v) is 11.9. The van der Waals surface area contributed by atoms with Crippen molar-refractivity contribution in [3.05, 3.63) is 70.5 Å². The van der Waals surface area contributed by atoms with Gasteiger partial charge in [0.1, 0.15) is 11.4 Å². The van der Waals surface area contributed by atoms with Gasteiger partial charge in [0.2, 0.25) is 0 Å². The number of halogens is 1. The standard InChI is InChI=1S/C18H16FNO/c1-2-9-18(15-4-6-16(19)7-5-15)17-8-3-13(11-20)10-14(17)12-21-18/h3-8,10H,2,9,12H2,1H3/t18-/m0/s1. The Labute approximate surface area is 123 Å². The zero-order valence-electron chi connectivity index (χ0n) is 11.9. The van der Waals surface area contributed by atoms with E-state index in [4.69, 9.17) is 10.00 Å². The third kappa shape index (κ3) is 2.22. The fourth-order valence-corrected chi connectivity index (χ4v) is 3.12. The largest absolute Gasteiger partial charge is 0.361 e. The molecule has 3 rings (SSSR count). The summed E-state index contributed by atoms with van der Waals surface area (Å²) in [5.74, 6) is -0.247. The summed E-state index contributed by atoms with van der Waals surface area (Å²) in [7, 11) is 0. The first kappa shape index (κ1) is 13.8. The molecule has 2 aromatic carbocycles. The molecular weight excluding hydrogens is 265 g/mol. The second-order valence-electron chi connectivity index (χ2n) is 5.36. The van der Waals surface area contributed by atoms with E-state index in [1.165, 1.54) is 12.1 Å². The lowest BCUT2D eigenvalue weighted by atomic mass is 9.82. The molecular formula is C18H16FNO. The maximum Gasteiger partial charge on any atom is 0.123 e. The van der Waals surface area contributed by atoms with Gasteiger partial charge in [0.15, 0.2) is 0 Å². The number of fused-ring (bicyclic) bond motifs is 1. The van der Waals surface area contributed by atoms with E-state index in [-0.39, 0.29) is 5.82 Å². The fourth-order valence-electron chi connectivity index (χ4n) is 3.12. The molecule has 106 valence electrons. The van der Waals surface area contributed by atoms with Crippen LogP contribution in [0.15, 0.2) is 42.5 Å². The summed E-state index contributed by atoms with van der Waals surface area (Å²) >= 11 is 0. The van der Waals surface area contributed by atoms with Crippen molar-refractivity contribution in [1.29, 1.82) is 5.26 Å². The molecule has 2 nitrogen and oxygen atoms in total. The van der Waals surface area contributed by atoms with E-state index < -0.39 is 5.60 Å². The van der Waals surface area contributed by atoms with Gasteiger partial charge in [-0.25, -0.2) is 4.39 Å². The van der Waals surface area contributed by atoms with E-state index in [1.54, 1.807) is 12.1 Å². The number of nitriles is 1. The predicted molar refractivity (Wildman–Crippen MR) is 78.0 cm³/mol. The molecule has 0 aromatic heterocycles. The van der Waals surface area contributed by atoms with Crippen LogP contribution in [0.2, 0.25) is 0 Å². The van der Waals surface area contributed by atoms with Crippen LogP contribution in [0.1, 0.15) is 42.0 Å². The molecule has 0 saturated carbocycles. The lowest BCUT2D eigenvalue weighted by Crippen LogP contribution is -2.26. The van der Waals surface area contributed by atoms with Crippen molar-refractivity contribution >= 4 is 0 Å². The second kappa shape index (κ2) is 5.31. The van der Waals surface area contributed by atoms with Gasteiger partial charge in [0.25, 0.3) is 0 Å². The first-order chi connectivity index (χ1) is 10.2. The van der Waals surface area contributed by atoms with Gasteiger partial charge >= 0.3 is 0 Å². The molecule has 0 aliphatic carbocycles. The molecule has 3 heteroatoms. The van der Waals surface area contributed by atoms with Gasteiger partial charge in [-0.3, -0.25) is 0 Å². The number of hydrogen-bond acceptors (Lipinski definition) is 2. The Bertz CT molecular complexity index is 702. The van der Waals surface area contributed by atoms with Crippen molar-refractivity contribution in [2.24, 2.45) is 0 Å². The molecule has 0 radical (unpaired) electrons. The van der Waals surface area contributed by atoms with Crippen LogP contribution in [-0.4, -0.2) is 0 Å². The minimum atomic E-state index is -0.522. The number of ether oxygens (including phenoxy) is 1. The van der Waals surface area contributed by atoms with Gasteiger partial charge in [-0.2, -0.15) is 5.26 Å². The lowest BCUT2D eigenvalue weighted by Gasteiger charge is -2.30. The summed E-state index contributed by atoms with van der Waals surface area (Å²) in [6.07, 6.45) is 1.79. The molecule has 1 heterocycles. The first-order valence-electron chi connectivity index (χ1n) is 7.13. The molecule has 0 N–H and O–H groups in total. The predicted octanol–water partition coefficient (Wildman–Crippen LogP) is 4.27. The summed E-state index contributed by atoms with van der Waals surface area (Å²) in [5, 5.41) is 9.02. The SMILES string of the molecule is CCC[C@@]1(c2ccc(F)cc2)OCc2cc(C#N)ccc21. The smallest absolute Gasteiger partial charge is 0.123 e. The highest BCUT2D eigenvalue weighted by Gasteiger charge is 2.40. The molecule has 1 aliphatic rings. The van der Waals surface area contributed by atoms with Gasteiger partial charge in [0.05, 0.1) is 18.2 Å². The highest BCUT2D eigenvalue weighted by molar-refractivity contribution is 5.47. The Hall–Kier alpha value is -2.18. The minimum absolute atomic E-state index is 0.247. The molecule has 0 unspecified atom stereocenters. The Morgan fingerprint density at radius 2 is 2.00 bits per heavy atom. The molecule has 0 bridgehead atoms. The van der Waals surface area contributed by atoms with Crippen LogP contribution in [0.3, 0.4) is 0 Å². The summed E-state index contributed by atoms with van der Waals surface area (Å²) in [6, 6.07) is 14.4. The topological polar surface area (TPSA) is 33.0 Å². The third-order valence-corrected chi connectivity index (χ3v) is 4.06. The van der Waals surface area contributed by atoms with Crippen molar-refractivity contribution in [3.63, 3.8) is 0 Å². The van der Waals surface area contributed by atoms with Crippen LogP contribution in [0, 0.1) is 17.1 Å². The maximum absolute atomic E-state index is 13.2. The van der Waals surface area contributed by atoms with Gasteiger partial charge in [-0.05, 0) is 47.4 Å². The van der Waals surface area contributed by atoms with Crippen molar-refractivity contribution < 1.29 is 9.13 Å². The van der Waals surface area contributed by atoms with Crippen LogP contribution in [0.25, 0.3) is 0 Å². The Balaban J connectivity index is 2.13. The average Bonchev–Trinajstić information content (AvgIpc) is 2.87. The minimum Gasteiger partial charge on any atom is -0.361 e. The highest BCUT2D eigenvalue weighted by Crippen LogP contribution is 2.45. The summed E-state index contributed by atoms with van der Waals surface area (Å²) in [4.78, 5) is 0. The van der Waals surface area contributed by atoms with Gasteiger partial charge in [-0.1, -0.05) is 31.5 Å². The highest BCUT2D eigenvalue weighted by atomic mass is 19.1. The summed E-state index contributed by atoms with van der Waals surface area (Å²) in [6.45, 7) is 2.60. The Morgan fingerprint density at radius 3 is 2.67 bits per heavy atom. The number of benzene rings is 2. The first-order valence-corrected chi connectivity index (χ1v) is 7.13. The number of rotatable bonds is 3.